The van der Waals surface area contributed by atoms with Gasteiger partial charge >= 0.3 is 17.9 Å². The summed E-state index contributed by atoms with van der Waals surface area (Å²) in [6, 6.07) is 9.54. The number of aromatic hydroxyl groups is 5. The molecule has 0 spiro atoms. The lowest BCUT2D eigenvalue weighted by molar-refractivity contribution is -0.147. The van der Waals surface area contributed by atoms with Gasteiger partial charge in [-0.15, -0.1) is 0 Å². The van der Waals surface area contributed by atoms with E-state index in [4.69, 9.17) is 14.3 Å². The molecule has 0 bridgehead atoms. The lowest BCUT2D eigenvalue weighted by Crippen LogP contribution is -2.29. The Morgan fingerprint density at radius 3 is 2.10 bits per heavy atom. The highest BCUT2D eigenvalue weighted by atomic mass is 16.6. The normalized spacial score (nSPS) is 12.0. The molecule has 12 nitrogen and oxygen atoms in total. The van der Waals surface area contributed by atoms with Gasteiger partial charge in [-0.2, -0.15) is 0 Å². The average molecular weight is 536 g/mol. The number of carbonyl (C=O) groups is 3. The monoisotopic (exact) mass is 536 g/mol. The van der Waals surface area contributed by atoms with Crippen LogP contribution in [-0.2, 0) is 20.7 Å². The molecule has 0 fully saturated rings. The largest absolute Gasteiger partial charge is 0.504 e. The molecule has 4 rings (SSSR count). The molecule has 0 saturated heterocycles. The zero-order valence-corrected chi connectivity index (χ0v) is 19.7. The number of fused-ring (bicyclic) bond motifs is 1. The molecule has 0 aliphatic carbocycles. The number of benzene rings is 3. The lowest BCUT2D eigenvalue weighted by atomic mass is 10.0. The van der Waals surface area contributed by atoms with Crippen LogP contribution in [0.2, 0.25) is 0 Å². The van der Waals surface area contributed by atoms with Crippen molar-refractivity contribution in [1.29, 1.82) is 0 Å². The standard InChI is InChI=1S/C27H20O12/c28-16-4-1-13(8-18(16)30)10-21(26(35)36)38-27(37)23-15-7-12(2-6-22(33)34)9-20(32)25(15)39-24(23)14-3-5-17(29)19(31)11-14/h1-9,11,21,28-32H,10H2,(H,33,34)(H,35,36). The quantitative estimate of drug-likeness (QED) is 0.0977. The second-order valence-electron chi connectivity index (χ2n) is 8.36. The molecule has 1 heterocycles. The van der Waals surface area contributed by atoms with E-state index < -0.39 is 59.2 Å². The van der Waals surface area contributed by atoms with Gasteiger partial charge in [0.1, 0.15) is 11.3 Å². The van der Waals surface area contributed by atoms with Crippen LogP contribution in [0.4, 0.5) is 0 Å². The summed E-state index contributed by atoms with van der Waals surface area (Å²) < 4.78 is 11.0. The maximum atomic E-state index is 13.4. The lowest BCUT2D eigenvalue weighted by Gasteiger charge is -2.15. The van der Waals surface area contributed by atoms with Gasteiger partial charge < -0.3 is 44.9 Å². The van der Waals surface area contributed by atoms with E-state index in [0.717, 1.165) is 36.4 Å². The number of phenolic OH excluding ortho intramolecular Hbond substituents is 5. The summed E-state index contributed by atoms with van der Waals surface area (Å²) in [7, 11) is 0. The fraction of sp³-hybridized carbons (Fsp3) is 0.0741. The van der Waals surface area contributed by atoms with Crippen LogP contribution in [0.15, 0.2) is 59.0 Å². The van der Waals surface area contributed by atoms with Gasteiger partial charge in [-0.1, -0.05) is 6.07 Å². The van der Waals surface area contributed by atoms with E-state index in [1.807, 2.05) is 0 Å². The van der Waals surface area contributed by atoms with E-state index >= 15 is 0 Å². The Labute approximate surface area is 218 Å². The zero-order chi connectivity index (χ0) is 28.4. The first-order chi connectivity index (χ1) is 18.4. The molecule has 0 saturated carbocycles. The molecule has 39 heavy (non-hydrogen) atoms. The SMILES string of the molecule is O=C(O)C=Cc1cc(O)c2oc(-c3ccc(O)c(O)c3)c(C(=O)OC(Cc3ccc(O)c(O)c3)C(=O)O)c2c1. The highest BCUT2D eigenvalue weighted by molar-refractivity contribution is 6.11. The molecule has 0 aliphatic rings. The van der Waals surface area contributed by atoms with Gasteiger partial charge in [0.05, 0.1) is 0 Å². The van der Waals surface area contributed by atoms with Crippen molar-refractivity contribution in [3.63, 3.8) is 0 Å². The highest BCUT2D eigenvalue weighted by Gasteiger charge is 2.30. The number of furan rings is 1. The molecule has 1 unspecified atom stereocenters. The number of esters is 1. The van der Waals surface area contributed by atoms with Crippen LogP contribution < -0.4 is 0 Å². The number of phenols is 5. The van der Waals surface area contributed by atoms with E-state index in [1.54, 1.807) is 0 Å². The smallest absolute Gasteiger partial charge is 0.345 e. The third kappa shape index (κ3) is 5.54. The first-order valence-corrected chi connectivity index (χ1v) is 11.1. The van der Waals surface area contributed by atoms with Crippen molar-refractivity contribution in [2.75, 3.05) is 0 Å². The first kappa shape index (κ1) is 26.4. The second-order valence-corrected chi connectivity index (χ2v) is 8.36. The zero-order valence-electron chi connectivity index (χ0n) is 19.7. The van der Waals surface area contributed by atoms with Crippen LogP contribution in [0.5, 0.6) is 28.7 Å². The van der Waals surface area contributed by atoms with Crippen LogP contribution in [0.3, 0.4) is 0 Å². The van der Waals surface area contributed by atoms with Crippen molar-refractivity contribution < 1.29 is 59.3 Å². The molecule has 1 aromatic heterocycles. The number of aliphatic carboxylic acids is 2. The number of carbonyl (C=O) groups excluding carboxylic acids is 1. The van der Waals surface area contributed by atoms with Gasteiger partial charge in [0.2, 0.25) is 6.10 Å². The molecule has 1 atom stereocenters. The average Bonchev–Trinajstić information content (AvgIpc) is 3.26. The molecule has 0 amide bonds. The number of hydrogen-bond donors (Lipinski definition) is 7. The minimum Gasteiger partial charge on any atom is -0.504 e. The molecule has 3 aromatic carbocycles. The van der Waals surface area contributed by atoms with Crippen molar-refractivity contribution in [3.8, 4) is 40.1 Å². The molecule has 200 valence electrons. The van der Waals surface area contributed by atoms with E-state index in [1.165, 1.54) is 24.3 Å². The number of ether oxygens (including phenoxy) is 1. The Balaban J connectivity index is 1.83. The maximum Gasteiger partial charge on any atom is 0.345 e. The summed E-state index contributed by atoms with van der Waals surface area (Å²) in [5, 5.41) is 68.0. The topological polar surface area (TPSA) is 215 Å². The summed E-state index contributed by atoms with van der Waals surface area (Å²) in [5.74, 6) is -6.68. The van der Waals surface area contributed by atoms with Crippen molar-refractivity contribution in [1.82, 2.24) is 0 Å². The van der Waals surface area contributed by atoms with Crippen molar-refractivity contribution >= 4 is 35.0 Å². The van der Waals surface area contributed by atoms with Gasteiger partial charge in [0.25, 0.3) is 0 Å². The van der Waals surface area contributed by atoms with Gasteiger partial charge in [-0.25, -0.2) is 14.4 Å². The van der Waals surface area contributed by atoms with E-state index in [0.29, 0.717) is 0 Å². The molecule has 0 aliphatic heterocycles. The van der Waals surface area contributed by atoms with Crippen LogP contribution in [0.25, 0.3) is 28.4 Å². The Bertz CT molecular complexity index is 1650. The van der Waals surface area contributed by atoms with E-state index in [2.05, 4.69) is 0 Å². The minimum absolute atomic E-state index is 0.0565. The number of rotatable bonds is 8. The van der Waals surface area contributed by atoms with E-state index in [-0.39, 0.29) is 39.0 Å². The summed E-state index contributed by atoms with van der Waals surface area (Å²) in [4.78, 5) is 36.3. The maximum absolute atomic E-state index is 13.4. The summed E-state index contributed by atoms with van der Waals surface area (Å²) >= 11 is 0. The Kier molecular flexibility index (Phi) is 7.03. The number of carboxylic acids is 2. The van der Waals surface area contributed by atoms with Gasteiger partial charge in [0, 0.05) is 23.4 Å². The van der Waals surface area contributed by atoms with Crippen LogP contribution >= 0.6 is 0 Å². The Morgan fingerprint density at radius 1 is 0.821 bits per heavy atom. The fourth-order valence-electron chi connectivity index (χ4n) is 3.82. The van der Waals surface area contributed by atoms with Gasteiger partial charge in [-0.05, 0) is 59.7 Å². The number of carboxylic acid groups (broad SMARTS) is 2. The minimum atomic E-state index is -1.77. The predicted octanol–water partition coefficient (Wildman–Crippen LogP) is 3.58. The first-order valence-electron chi connectivity index (χ1n) is 11.1. The fourth-order valence-corrected chi connectivity index (χ4v) is 3.82. The van der Waals surface area contributed by atoms with Crippen molar-refractivity contribution in [2.24, 2.45) is 0 Å². The molecular formula is C27H20O12. The molecule has 12 heteroatoms. The summed E-state index contributed by atoms with van der Waals surface area (Å²) in [5.41, 5.74) is -0.120. The van der Waals surface area contributed by atoms with Gasteiger partial charge in [-0.3, -0.25) is 0 Å². The summed E-state index contributed by atoms with van der Waals surface area (Å²) in [6.07, 6.45) is -0.216. The Morgan fingerprint density at radius 2 is 1.49 bits per heavy atom. The predicted molar refractivity (Wildman–Crippen MR) is 134 cm³/mol. The highest BCUT2D eigenvalue weighted by Crippen LogP contribution is 2.41. The van der Waals surface area contributed by atoms with Crippen LogP contribution in [0, 0.1) is 0 Å². The molecule has 0 radical (unpaired) electrons. The van der Waals surface area contributed by atoms with Crippen LogP contribution in [-0.4, -0.2) is 59.8 Å². The Hall–Kier alpha value is -5.65. The number of hydrogen-bond acceptors (Lipinski definition) is 10. The van der Waals surface area contributed by atoms with Crippen molar-refractivity contribution in [2.45, 2.75) is 12.5 Å². The second kappa shape index (κ2) is 10.4. The molecule has 4 aromatic rings. The van der Waals surface area contributed by atoms with Gasteiger partial charge in [0.15, 0.2) is 34.3 Å². The molecule has 7 N–H and O–H groups in total. The molecular weight excluding hydrogens is 516 g/mol. The van der Waals surface area contributed by atoms with E-state index in [9.17, 15) is 45.0 Å². The van der Waals surface area contributed by atoms with Crippen molar-refractivity contribution in [3.05, 3.63) is 71.3 Å². The summed E-state index contributed by atoms with van der Waals surface area (Å²) in [6.45, 7) is 0. The third-order valence-electron chi connectivity index (χ3n) is 5.64. The van der Waals surface area contributed by atoms with Crippen LogP contribution in [0.1, 0.15) is 21.5 Å². The third-order valence-corrected chi connectivity index (χ3v) is 5.64.